The van der Waals surface area contributed by atoms with E-state index in [4.69, 9.17) is 9.47 Å². The van der Waals surface area contributed by atoms with Crippen LogP contribution < -0.4 is 15.0 Å². The van der Waals surface area contributed by atoms with Crippen LogP contribution in [0.15, 0.2) is 24.3 Å². The first kappa shape index (κ1) is 16.9. The maximum atomic E-state index is 9.26. The van der Waals surface area contributed by atoms with Crippen molar-refractivity contribution < 1.29 is 9.47 Å². The van der Waals surface area contributed by atoms with E-state index in [9.17, 15) is 5.26 Å². The standard InChI is InChI=1S/C17H20N6O2/c1-11-9-23(10-12(2)25-11)17-21-15(8-18)20-16(22-17)19-13-6-4-5-7-14(13)24-3/h4-7,11-12H,9-10H2,1-3H3,(H,19,20,21,22). The lowest BCUT2D eigenvalue weighted by Crippen LogP contribution is -2.46. The first-order chi connectivity index (χ1) is 12.1. The minimum absolute atomic E-state index is 0.0641. The monoisotopic (exact) mass is 340 g/mol. The third-order valence-electron chi connectivity index (χ3n) is 3.78. The molecule has 0 amide bonds. The minimum atomic E-state index is 0.0641. The van der Waals surface area contributed by atoms with Crippen LogP contribution in [0.4, 0.5) is 17.6 Å². The normalized spacial score (nSPS) is 20.0. The van der Waals surface area contributed by atoms with Crippen LogP contribution in [0.25, 0.3) is 0 Å². The molecule has 8 heteroatoms. The smallest absolute Gasteiger partial charge is 0.238 e. The summed E-state index contributed by atoms with van der Waals surface area (Å²) in [5.41, 5.74) is 0.717. The zero-order chi connectivity index (χ0) is 17.8. The number of nitriles is 1. The lowest BCUT2D eigenvalue weighted by atomic mass is 10.2. The highest BCUT2D eigenvalue weighted by atomic mass is 16.5. The van der Waals surface area contributed by atoms with Gasteiger partial charge in [0, 0.05) is 13.1 Å². The number of benzene rings is 1. The van der Waals surface area contributed by atoms with Crippen molar-refractivity contribution >= 4 is 17.6 Å². The molecule has 130 valence electrons. The molecule has 2 heterocycles. The molecule has 2 aromatic rings. The zero-order valence-electron chi connectivity index (χ0n) is 14.4. The van der Waals surface area contributed by atoms with E-state index < -0.39 is 0 Å². The molecule has 1 aromatic carbocycles. The summed E-state index contributed by atoms with van der Waals surface area (Å²) in [6, 6.07) is 9.43. The van der Waals surface area contributed by atoms with Crippen molar-refractivity contribution in [1.29, 1.82) is 5.26 Å². The van der Waals surface area contributed by atoms with Gasteiger partial charge in [-0.1, -0.05) is 12.1 Å². The number of para-hydroxylation sites is 2. The van der Waals surface area contributed by atoms with Crippen molar-refractivity contribution in [3.63, 3.8) is 0 Å². The highest BCUT2D eigenvalue weighted by Crippen LogP contribution is 2.26. The zero-order valence-corrected chi connectivity index (χ0v) is 14.4. The van der Waals surface area contributed by atoms with Gasteiger partial charge in [0.25, 0.3) is 0 Å². The summed E-state index contributed by atoms with van der Waals surface area (Å²) < 4.78 is 11.1. The Kier molecular flexibility index (Phi) is 4.95. The SMILES string of the molecule is COc1ccccc1Nc1nc(C#N)nc(N2CC(C)OC(C)C2)n1. The summed E-state index contributed by atoms with van der Waals surface area (Å²) in [6.07, 6.45) is 0.133. The number of nitrogens with one attached hydrogen (secondary N) is 1. The number of anilines is 3. The van der Waals surface area contributed by atoms with E-state index >= 15 is 0 Å². The molecule has 1 aromatic heterocycles. The van der Waals surface area contributed by atoms with Gasteiger partial charge in [0.05, 0.1) is 25.0 Å². The number of hydrogen-bond acceptors (Lipinski definition) is 8. The fraction of sp³-hybridized carbons (Fsp3) is 0.412. The fourth-order valence-electron chi connectivity index (χ4n) is 2.82. The Morgan fingerprint density at radius 3 is 2.60 bits per heavy atom. The average Bonchev–Trinajstić information content (AvgIpc) is 2.61. The third-order valence-corrected chi connectivity index (χ3v) is 3.78. The van der Waals surface area contributed by atoms with Crippen LogP contribution >= 0.6 is 0 Å². The Labute approximate surface area is 146 Å². The van der Waals surface area contributed by atoms with Gasteiger partial charge in [0.1, 0.15) is 11.8 Å². The maximum absolute atomic E-state index is 9.26. The van der Waals surface area contributed by atoms with Crippen LogP contribution in [0.3, 0.4) is 0 Å². The van der Waals surface area contributed by atoms with Crippen molar-refractivity contribution in [3.05, 3.63) is 30.1 Å². The van der Waals surface area contributed by atoms with E-state index in [1.165, 1.54) is 0 Å². The van der Waals surface area contributed by atoms with Gasteiger partial charge in [0.2, 0.25) is 17.7 Å². The largest absolute Gasteiger partial charge is 0.495 e. The Bertz CT molecular complexity index is 781. The highest BCUT2D eigenvalue weighted by Gasteiger charge is 2.25. The number of hydrogen-bond donors (Lipinski definition) is 1. The molecule has 1 aliphatic rings. The molecule has 25 heavy (non-hydrogen) atoms. The van der Waals surface area contributed by atoms with E-state index in [2.05, 4.69) is 20.3 Å². The minimum Gasteiger partial charge on any atom is -0.495 e. The average molecular weight is 340 g/mol. The number of aromatic nitrogens is 3. The van der Waals surface area contributed by atoms with E-state index in [1.807, 2.05) is 49.1 Å². The molecule has 3 rings (SSSR count). The molecule has 0 spiro atoms. The summed E-state index contributed by atoms with van der Waals surface area (Å²) in [5, 5.41) is 12.4. The molecular weight excluding hydrogens is 320 g/mol. The summed E-state index contributed by atoms with van der Waals surface area (Å²) >= 11 is 0. The Morgan fingerprint density at radius 1 is 1.20 bits per heavy atom. The van der Waals surface area contributed by atoms with E-state index in [0.29, 0.717) is 30.7 Å². The van der Waals surface area contributed by atoms with Gasteiger partial charge in [-0.15, -0.1) is 0 Å². The Hall–Kier alpha value is -2.92. The lowest BCUT2D eigenvalue weighted by molar-refractivity contribution is -0.00573. The molecule has 0 aliphatic carbocycles. The molecule has 2 unspecified atom stereocenters. The van der Waals surface area contributed by atoms with Crippen LogP contribution in [0, 0.1) is 11.3 Å². The van der Waals surface area contributed by atoms with Gasteiger partial charge < -0.3 is 19.7 Å². The predicted molar refractivity (Wildman–Crippen MR) is 93.0 cm³/mol. The highest BCUT2D eigenvalue weighted by molar-refractivity contribution is 5.63. The Balaban J connectivity index is 1.91. The van der Waals surface area contributed by atoms with Gasteiger partial charge in [-0.2, -0.15) is 20.2 Å². The second kappa shape index (κ2) is 7.32. The Morgan fingerprint density at radius 2 is 1.92 bits per heavy atom. The van der Waals surface area contributed by atoms with Gasteiger partial charge in [-0.05, 0) is 26.0 Å². The molecule has 1 aliphatic heterocycles. The van der Waals surface area contributed by atoms with Gasteiger partial charge in [0.15, 0.2) is 0 Å². The van der Waals surface area contributed by atoms with Gasteiger partial charge in [-0.25, -0.2) is 0 Å². The van der Waals surface area contributed by atoms with E-state index in [-0.39, 0.29) is 18.0 Å². The van der Waals surface area contributed by atoms with Crippen molar-refractivity contribution in [2.24, 2.45) is 0 Å². The third kappa shape index (κ3) is 3.95. The molecule has 1 N–H and O–H groups in total. The topological polar surface area (TPSA) is 96.2 Å². The van der Waals surface area contributed by atoms with Crippen molar-refractivity contribution in [1.82, 2.24) is 15.0 Å². The molecule has 0 radical (unpaired) electrons. The summed E-state index contributed by atoms with van der Waals surface area (Å²) in [6.45, 7) is 5.33. The van der Waals surface area contributed by atoms with Crippen molar-refractivity contribution in [2.45, 2.75) is 26.1 Å². The first-order valence-electron chi connectivity index (χ1n) is 8.05. The second-order valence-corrected chi connectivity index (χ2v) is 5.88. The van der Waals surface area contributed by atoms with Crippen LogP contribution in [0.1, 0.15) is 19.7 Å². The quantitative estimate of drug-likeness (QED) is 0.904. The fourth-order valence-corrected chi connectivity index (χ4v) is 2.82. The molecule has 2 atom stereocenters. The van der Waals surface area contributed by atoms with E-state index in [1.54, 1.807) is 7.11 Å². The van der Waals surface area contributed by atoms with Crippen LogP contribution in [-0.4, -0.2) is 47.4 Å². The molecule has 8 nitrogen and oxygen atoms in total. The van der Waals surface area contributed by atoms with E-state index in [0.717, 1.165) is 5.69 Å². The van der Waals surface area contributed by atoms with Crippen molar-refractivity contribution in [3.8, 4) is 11.8 Å². The van der Waals surface area contributed by atoms with Crippen LogP contribution in [0.2, 0.25) is 0 Å². The summed E-state index contributed by atoms with van der Waals surface area (Å²) in [4.78, 5) is 14.9. The number of ether oxygens (including phenoxy) is 2. The first-order valence-corrected chi connectivity index (χ1v) is 8.05. The number of nitrogens with zero attached hydrogens (tertiary/aromatic N) is 5. The molecule has 0 saturated carbocycles. The van der Waals surface area contributed by atoms with Crippen LogP contribution in [0.5, 0.6) is 5.75 Å². The number of morpholine rings is 1. The second-order valence-electron chi connectivity index (χ2n) is 5.88. The molecular formula is C17H20N6O2. The van der Waals surface area contributed by atoms with Crippen LogP contribution in [-0.2, 0) is 4.74 Å². The van der Waals surface area contributed by atoms with Gasteiger partial charge in [-0.3, -0.25) is 0 Å². The predicted octanol–water partition coefficient (Wildman–Crippen LogP) is 2.11. The summed E-state index contributed by atoms with van der Waals surface area (Å²) in [7, 11) is 1.59. The maximum Gasteiger partial charge on any atom is 0.238 e. The molecule has 1 saturated heterocycles. The molecule has 1 fully saturated rings. The lowest BCUT2D eigenvalue weighted by Gasteiger charge is -2.35. The molecule has 0 bridgehead atoms. The van der Waals surface area contributed by atoms with Crippen molar-refractivity contribution in [2.75, 3.05) is 30.4 Å². The summed E-state index contributed by atoms with van der Waals surface area (Å²) in [5.74, 6) is 1.49. The number of methoxy groups -OCH3 is 1. The number of rotatable bonds is 4. The van der Waals surface area contributed by atoms with Gasteiger partial charge >= 0.3 is 0 Å².